The van der Waals surface area contributed by atoms with Crippen LogP contribution < -0.4 is 14.8 Å². The molecule has 7 nitrogen and oxygen atoms in total. The van der Waals surface area contributed by atoms with Gasteiger partial charge in [-0.2, -0.15) is 0 Å². The largest absolute Gasteiger partial charge is 0.497 e. The highest BCUT2D eigenvalue weighted by molar-refractivity contribution is 5.97. The van der Waals surface area contributed by atoms with Crippen LogP contribution in [0.25, 0.3) is 0 Å². The molecule has 2 heterocycles. The van der Waals surface area contributed by atoms with Crippen molar-refractivity contribution in [3.8, 4) is 11.5 Å². The molecule has 2 aliphatic rings. The minimum atomic E-state index is -0.586. The Bertz CT molecular complexity index is 975. The SMILES string of the molecule is COc1ccc(OCCN2C[C@H](C(=O)N(C)C)[C@]3(CCc4ccccc4C(=O)N3)C2)cc1. The van der Waals surface area contributed by atoms with E-state index in [1.165, 1.54) is 0 Å². The van der Waals surface area contributed by atoms with Gasteiger partial charge in [0.1, 0.15) is 18.1 Å². The first-order valence-corrected chi connectivity index (χ1v) is 11.0. The van der Waals surface area contributed by atoms with Gasteiger partial charge < -0.3 is 19.7 Å². The van der Waals surface area contributed by atoms with Crippen LogP contribution in [0.2, 0.25) is 0 Å². The van der Waals surface area contributed by atoms with Gasteiger partial charge in [-0.1, -0.05) is 18.2 Å². The van der Waals surface area contributed by atoms with Crippen molar-refractivity contribution < 1.29 is 19.1 Å². The fourth-order valence-electron chi connectivity index (χ4n) is 4.82. The average Bonchev–Trinajstić information content (AvgIpc) is 3.08. The van der Waals surface area contributed by atoms with E-state index in [2.05, 4.69) is 10.2 Å². The van der Waals surface area contributed by atoms with E-state index in [0.717, 1.165) is 29.9 Å². The van der Waals surface area contributed by atoms with E-state index >= 15 is 0 Å². The number of likely N-dealkylation sites (tertiary alicyclic amines) is 1. The fraction of sp³-hybridized carbons (Fsp3) is 0.440. The Balaban J connectivity index is 1.47. The molecule has 32 heavy (non-hydrogen) atoms. The maximum atomic E-state index is 13.1. The van der Waals surface area contributed by atoms with E-state index in [0.29, 0.717) is 31.8 Å². The predicted octanol–water partition coefficient (Wildman–Crippen LogP) is 2.21. The van der Waals surface area contributed by atoms with Gasteiger partial charge in [-0.05, 0) is 48.7 Å². The molecular weight excluding hydrogens is 406 g/mol. The Labute approximate surface area is 189 Å². The number of ether oxygens (including phenoxy) is 2. The van der Waals surface area contributed by atoms with Crippen molar-refractivity contribution in [3.63, 3.8) is 0 Å². The Morgan fingerprint density at radius 3 is 2.59 bits per heavy atom. The molecular formula is C25H31N3O4. The van der Waals surface area contributed by atoms with Crippen LogP contribution in [0.3, 0.4) is 0 Å². The lowest BCUT2D eigenvalue weighted by Gasteiger charge is -2.35. The van der Waals surface area contributed by atoms with Crippen LogP contribution in [0.1, 0.15) is 22.3 Å². The third-order valence-corrected chi connectivity index (χ3v) is 6.55. The molecule has 2 aromatic carbocycles. The van der Waals surface area contributed by atoms with Crippen molar-refractivity contribution in [3.05, 3.63) is 59.7 Å². The smallest absolute Gasteiger partial charge is 0.252 e. The van der Waals surface area contributed by atoms with Gasteiger partial charge in [-0.25, -0.2) is 0 Å². The molecule has 2 amide bonds. The van der Waals surface area contributed by atoms with Crippen LogP contribution in [-0.2, 0) is 11.2 Å². The molecule has 0 aliphatic carbocycles. The maximum absolute atomic E-state index is 13.1. The Morgan fingerprint density at radius 1 is 1.16 bits per heavy atom. The van der Waals surface area contributed by atoms with Gasteiger partial charge in [-0.15, -0.1) is 0 Å². The summed E-state index contributed by atoms with van der Waals surface area (Å²) in [5, 5.41) is 3.26. The first-order valence-electron chi connectivity index (χ1n) is 11.0. The zero-order valence-corrected chi connectivity index (χ0v) is 19.0. The van der Waals surface area contributed by atoms with Crippen LogP contribution in [-0.4, -0.2) is 74.6 Å². The zero-order chi connectivity index (χ0) is 22.7. The number of nitrogens with zero attached hydrogens (tertiary/aromatic N) is 2. The molecule has 1 N–H and O–H groups in total. The van der Waals surface area contributed by atoms with Crippen molar-refractivity contribution >= 4 is 11.8 Å². The van der Waals surface area contributed by atoms with Gasteiger partial charge >= 0.3 is 0 Å². The third kappa shape index (κ3) is 4.43. The second-order valence-electron chi connectivity index (χ2n) is 8.81. The molecule has 1 spiro atoms. The normalized spacial score (nSPS) is 22.7. The number of nitrogens with one attached hydrogen (secondary N) is 1. The van der Waals surface area contributed by atoms with E-state index in [-0.39, 0.29) is 17.7 Å². The van der Waals surface area contributed by atoms with Crippen LogP contribution in [0.5, 0.6) is 11.5 Å². The van der Waals surface area contributed by atoms with Crippen LogP contribution >= 0.6 is 0 Å². The molecule has 2 atom stereocenters. The summed E-state index contributed by atoms with van der Waals surface area (Å²) in [5.74, 6) is 1.23. The van der Waals surface area contributed by atoms with Crippen molar-refractivity contribution in [2.24, 2.45) is 5.92 Å². The van der Waals surface area contributed by atoms with Gasteiger partial charge in [0, 0.05) is 39.3 Å². The number of hydrogen-bond donors (Lipinski definition) is 1. The fourth-order valence-corrected chi connectivity index (χ4v) is 4.82. The molecule has 7 heteroatoms. The lowest BCUT2D eigenvalue weighted by Crippen LogP contribution is -2.57. The van der Waals surface area contributed by atoms with E-state index in [1.54, 1.807) is 26.1 Å². The maximum Gasteiger partial charge on any atom is 0.252 e. The molecule has 0 radical (unpaired) electrons. The monoisotopic (exact) mass is 437 g/mol. The molecule has 4 rings (SSSR count). The quantitative estimate of drug-likeness (QED) is 0.750. The first kappa shape index (κ1) is 22.1. The van der Waals surface area contributed by atoms with E-state index in [4.69, 9.17) is 9.47 Å². The minimum Gasteiger partial charge on any atom is -0.497 e. The lowest BCUT2D eigenvalue weighted by atomic mass is 9.81. The minimum absolute atomic E-state index is 0.0508. The van der Waals surface area contributed by atoms with Gasteiger partial charge in [-0.3, -0.25) is 14.5 Å². The number of carbonyl (C=O) groups is 2. The van der Waals surface area contributed by atoms with Crippen LogP contribution in [0.15, 0.2) is 48.5 Å². The van der Waals surface area contributed by atoms with Crippen LogP contribution in [0, 0.1) is 5.92 Å². The average molecular weight is 438 g/mol. The van der Waals surface area contributed by atoms with E-state index in [1.807, 2.05) is 48.5 Å². The summed E-state index contributed by atoms with van der Waals surface area (Å²) in [6.07, 6.45) is 1.50. The number of fused-ring (bicyclic) bond motifs is 1. The number of rotatable bonds is 6. The predicted molar refractivity (Wildman–Crippen MR) is 122 cm³/mol. The van der Waals surface area contributed by atoms with E-state index in [9.17, 15) is 9.59 Å². The standard InChI is InChI=1S/C25H31N3O4/c1-27(2)24(30)22-16-28(14-15-32-20-10-8-19(31-3)9-11-20)17-25(22)13-12-18-6-4-5-7-21(18)23(29)26-25/h4-11,22H,12-17H2,1-3H3,(H,26,29)/t22-,25+/m1/s1. The molecule has 2 aliphatic heterocycles. The molecule has 170 valence electrons. The molecule has 0 saturated carbocycles. The third-order valence-electron chi connectivity index (χ3n) is 6.55. The van der Waals surface area contributed by atoms with Crippen molar-refractivity contribution in [1.29, 1.82) is 0 Å². The number of carbonyl (C=O) groups excluding carboxylic acids is 2. The summed E-state index contributed by atoms with van der Waals surface area (Å²) in [7, 11) is 5.19. The Hall–Kier alpha value is -3.06. The number of amides is 2. The number of aryl methyl sites for hydroxylation is 1. The van der Waals surface area contributed by atoms with Gasteiger partial charge in [0.2, 0.25) is 5.91 Å². The lowest BCUT2D eigenvalue weighted by molar-refractivity contribution is -0.134. The zero-order valence-electron chi connectivity index (χ0n) is 19.0. The van der Waals surface area contributed by atoms with Crippen molar-refractivity contribution in [2.45, 2.75) is 18.4 Å². The molecule has 1 saturated heterocycles. The first-order chi connectivity index (χ1) is 15.4. The summed E-state index contributed by atoms with van der Waals surface area (Å²) in [6, 6.07) is 15.2. The second kappa shape index (κ2) is 9.20. The Morgan fingerprint density at radius 2 is 1.88 bits per heavy atom. The second-order valence-corrected chi connectivity index (χ2v) is 8.81. The summed E-state index contributed by atoms with van der Waals surface area (Å²) in [5.41, 5.74) is 1.17. The van der Waals surface area contributed by atoms with Gasteiger partial charge in [0.05, 0.1) is 18.6 Å². The van der Waals surface area contributed by atoms with Crippen molar-refractivity contribution in [1.82, 2.24) is 15.1 Å². The van der Waals surface area contributed by atoms with E-state index < -0.39 is 5.54 Å². The molecule has 0 aromatic heterocycles. The Kier molecular flexibility index (Phi) is 6.37. The number of hydrogen-bond acceptors (Lipinski definition) is 5. The van der Waals surface area contributed by atoms with Gasteiger partial charge in [0.25, 0.3) is 5.91 Å². The topological polar surface area (TPSA) is 71.1 Å². The summed E-state index contributed by atoms with van der Waals surface area (Å²) < 4.78 is 11.1. The highest BCUT2D eigenvalue weighted by Crippen LogP contribution is 2.36. The summed E-state index contributed by atoms with van der Waals surface area (Å²) in [6.45, 7) is 2.40. The highest BCUT2D eigenvalue weighted by atomic mass is 16.5. The molecule has 0 bridgehead atoms. The van der Waals surface area contributed by atoms with Crippen LogP contribution in [0.4, 0.5) is 0 Å². The molecule has 0 unspecified atom stereocenters. The van der Waals surface area contributed by atoms with Crippen molar-refractivity contribution in [2.75, 3.05) is 47.4 Å². The molecule has 2 aromatic rings. The van der Waals surface area contributed by atoms with Gasteiger partial charge in [0.15, 0.2) is 0 Å². The molecule has 1 fully saturated rings. The number of benzene rings is 2. The highest BCUT2D eigenvalue weighted by Gasteiger charge is 2.52. The summed E-state index contributed by atoms with van der Waals surface area (Å²) in [4.78, 5) is 30.1. The number of methoxy groups -OCH3 is 1. The summed E-state index contributed by atoms with van der Waals surface area (Å²) >= 11 is 0.